The van der Waals surface area contributed by atoms with Crippen LogP contribution in [-0.2, 0) is 6.54 Å². The SMILES string of the molecule is Cc1csc(=O)n1CCN1CCN(C(=O)N(C)C)CC1. The van der Waals surface area contributed by atoms with Crippen molar-refractivity contribution in [2.75, 3.05) is 46.8 Å². The lowest BCUT2D eigenvalue weighted by molar-refractivity contribution is 0.121. The van der Waals surface area contributed by atoms with Crippen LogP contribution in [0.5, 0.6) is 0 Å². The third kappa shape index (κ3) is 3.40. The maximum atomic E-state index is 11.8. The Morgan fingerprint density at radius 2 is 1.90 bits per heavy atom. The van der Waals surface area contributed by atoms with E-state index in [0.717, 1.165) is 45.0 Å². The van der Waals surface area contributed by atoms with Crippen molar-refractivity contribution in [2.24, 2.45) is 0 Å². The number of carbonyl (C=O) groups excluding carboxylic acids is 1. The minimum atomic E-state index is 0.0783. The molecule has 0 radical (unpaired) electrons. The Morgan fingerprint density at radius 1 is 1.25 bits per heavy atom. The fourth-order valence-corrected chi connectivity index (χ4v) is 3.12. The summed E-state index contributed by atoms with van der Waals surface area (Å²) in [5.41, 5.74) is 1.03. The molecule has 20 heavy (non-hydrogen) atoms. The molecule has 0 atom stereocenters. The Hall–Kier alpha value is -1.34. The number of thiazole rings is 1. The van der Waals surface area contributed by atoms with E-state index in [1.54, 1.807) is 19.0 Å². The molecule has 1 fully saturated rings. The first kappa shape index (κ1) is 15.1. The Morgan fingerprint density at radius 3 is 2.40 bits per heavy atom. The van der Waals surface area contributed by atoms with Gasteiger partial charge in [-0.25, -0.2) is 4.79 Å². The van der Waals surface area contributed by atoms with E-state index >= 15 is 0 Å². The van der Waals surface area contributed by atoms with Crippen LogP contribution in [0, 0.1) is 6.92 Å². The van der Waals surface area contributed by atoms with Crippen molar-refractivity contribution >= 4 is 17.4 Å². The summed E-state index contributed by atoms with van der Waals surface area (Å²) in [7, 11) is 3.56. The van der Waals surface area contributed by atoms with E-state index in [4.69, 9.17) is 0 Å². The summed E-state index contributed by atoms with van der Waals surface area (Å²) in [4.78, 5) is 29.4. The summed E-state index contributed by atoms with van der Waals surface area (Å²) in [5.74, 6) is 0. The van der Waals surface area contributed by atoms with Crippen LogP contribution in [0.1, 0.15) is 5.69 Å². The van der Waals surface area contributed by atoms with E-state index < -0.39 is 0 Å². The highest BCUT2D eigenvalue weighted by atomic mass is 32.1. The van der Waals surface area contributed by atoms with Crippen LogP contribution in [-0.4, -0.2) is 72.1 Å². The van der Waals surface area contributed by atoms with Gasteiger partial charge in [-0.05, 0) is 6.92 Å². The molecule has 1 saturated heterocycles. The number of amides is 2. The molecule has 1 aromatic heterocycles. The van der Waals surface area contributed by atoms with E-state index in [-0.39, 0.29) is 10.9 Å². The van der Waals surface area contributed by atoms with Crippen LogP contribution in [0.15, 0.2) is 10.2 Å². The van der Waals surface area contributed by atoms with Gasteiger partial charge in [-0.1, -0.05) is 11.3 Å². The maximum absolute atomic E-state index is 11.8. The molecule has 2 rings (SSSR count). The lowest BCUT2D eigenvalue weighted by atomic mass is 10.3. The second-order valence-electron chi connectivity index (χ2n) is 5.30. The van der Waals surface area contributed by atoms with Gasteiger partial charge in [-0.2, -0.15) is 0 Å². The molecular weight excluding hydrogens is 276 g/mol. The lowest BCUT2D eigenvalue weighted by Crippen LogP contribution is -2.52. The Balaban J connectivity index is 1.81. The van der Waals surface area contributed by atoms with E-state index in [2.05, 4.69) is 4.90 Å². The Bertz CT molecular complexity index is 515. The smallest absolute Gasteiger partial charge is 0.319 e. The Kier molecular flexibility index (Phi) is 4.82. The predicted molar refractivity (Wildman–Crippen MR) is 80.4 cm³/mol. The van der Waals surface area contributed by atoms with Crippen LogP contribution in [0.25, 0.3) is 0 Å². The topological polar surface area (TPSA) is 48.8 Å². The fraction of sp³-hybridized carbons (Fsp3) is 0.692. The second kappa shape index (κ2) is 6.41. The highest BCUT2D eigenvalue weighted by Gasteiger charge is 2.21. The largest absolute Gasteiger partial charge is 0.331 e. The number of hydrogen-bond acceptors (Lipinski definition) is 4. The molecule has 0 N–H and O–H groups in total. The normalized spacial score (nSPS) is 16.4. The van der Waals surface area contributed by atoms with Crippen molar-refractivity contribution in [3.05, 3.63) is 20.7 Å². The van der Waals surface area contributed by atoms with E-state index in [0.29, 0.717) is 0 Å². The summed E-state index contributed by atoms with van der Waals surface area (Å²) >= 11 is 1.26. The van der Waals surface area contributed by atoms with Crippen LogP contribution < -0.4 is 4.87 Å². The van der Waals surface area contributed by atoms with Crippen molar-refractivity contribution in [1.29, 1.82) is 0 Å². The summed E-state index contributed by atoms with van der Waals surface area (Å²) in [6, 6.07) is 0.0783. The molecule has 1 aliphatic rings. The van der Waals surface area contributed by atoms with Gasteiger partial charge in [-0.15, -0.1) is 0 Å². The molecule has 0 aliphatic carbocycles. The van der Waals surface area contributed by atoms with Crippen molar-refractivity contribution in [1.82, 2.24) is 19.3 Å². The van der Waals surface area contributed by atoms with Gasteiger partial charge in [0.1, 0.15) is 0 Å². The van der Waals surface area contributed by atoms with Crippen LogP contribution in [0.4, 0.5) is 4.79 Å². The van der Waals surface area contributed by atoms with E-state index in [9.17, 15) is 9.59 Å². The van der Waals surface area contributed by atoms with Gasteiger partial charge in [0.05, 0.1) is 0 Å². The van der Waals surface area contributed by atoms with E-state index in [1.165, 1.54) is 11.3 Å². The molecule has 2 heterocycles. The number of rotatable bonds is 3. The first-order chi connectivity index (χ1) is 9.49. The molecular formula is C13H22N4O2S. The lowest BCUT2D eigenvalue weighted by Gasteiger charge is -2.35. The maximum Gasteiger partial charge on any atom is 0.319 e. The number of hydrogen-bond donors (Lipinski definition) is 0. The number of piperazine rings is 1. The summed E-state index contributed by atoms with van der Waals surface area (Å²) < 4.78 is 1.82. The van der Waals surface area contributed by atoms with Crippen molar-refractivity contribution in [3.63, 3.8) is 0 Å². The van der Waals surface area contributed by atoms with E-state index in [1.807, 2.05) is 21.8 Å². The van der Waals surface area contributed by atoms with Crippen molar-refractivity contribution in [3.8, 4) is 0 Å². The van der Waals surface area contributed by atoms with Crippen LogP contribution in [0.2, 0.25) is 0 Å². The molecule has 0 aromatic carbocycles. The Labute approximate surface area is 123 Å². The van der Waals surface area contributed by atoms with Crippen molar-refractivity contribution < 1.29 is 4.79 Å². The van der Waals surface area contributed by atoms with Gasteiger partial charge in [0.25, 0.3) is 0 Å². The minimum absolute atomic E-state index is 0.0783. The molecule has 1 aliphatic heterocycles. The monoisotopic (exact) mass is 298 g/mol. The zero-order chi connectivity index (χ0) is 14.7. The van der Waals surface area contributed by atoms with Gasteiger partial charge >= 0.3 is 10.9 Å². The van der Waals surface area contributed by atoms with Gasteiger partial charge in [0, 0.05) is 64.4 Å². The average Bonchev–Trinajstić information content (AvgIpc) is 2.75. The molecule has 1 aromatic rings. The number of aromatic nitrogens is 1. The molecule has 2 amide bonds. The molecule has 7 heteroatoms. The highest BCUT2D eigenvalue weighted by Crippen LogP contribution is 2.05. The quantitative estimate of drug-likeness (QED) is 0.817. The number of nitrogens with zero attached hydrogens (tertiary/aromatic N) is 4. The fourth-order valence-electron chi connectivity index (χ4n) is 2.36. The van der Waals surface area contributed by atoms with Crippen molar-refractivity contribution in [2.45, 2.75) is 13.5 Å². The molecule has 6 nitrogen and oxygen atoms in total. The second-order valence-corrected chi connectivity index (χ2v) is 6.12. The molecule has 112 valence electrons. The number of aryl methyl sites for hydroxylation is 1. The summed E-state index contributed by atoms with van der Waals surface area (Å²) in [5, 5.41) is 1.90. The predicted octanol–water partition coefficient (Wildman–Crippen LogP) is 0.517. The van der Waals surface area contributed by atoms with Crippen LogP contribution >= 0.6 is 11.3 Å². The molecule has 0 saturated carbocycles. The highest BCUT2D eigenvalue weighted by molar-refractivity contribution is 7.07. The first-order valence-corrected chi connectivity index (χ1v) is 7.70. The third-order valence-corrected chi connectivity index (χ3v) is 4.52. The zero-order valence-corrected chi connectivity index (χ0v) is 13.2. The van der Waals surface area contributed by atoms with Gasteiger partial charge in [0.2, 0.25) is 0 Å². The zero-order valence-electron chi connectivity index (χ0n) is 12.3. The third-order valence-electron chi connectivity index (χ3n) is 3.64. The number of urea groups is 1. The van der Waals surface area contributed by atoms with Gasteiger partial charge in [-0.3, -0.25) is 9.69 Å². The summed E-state index contributed by atoms with van der Waals surface area (Å²) in [6.07, 6.45) is 0. The molecule has 0 unspecified atom stereocenters. The number of carbonyl (C=O) groups is 1. The molecule has 0 bridgehead atoms. The van der Waals surface area contributed by atoms with Crippen LogP contribution in [0.3, 0.4) is 0 Å². The average molecular weight is 298 g/mol. The first-order valence-electron chi connectivity index (χ1n) is 6.82. The van der Waals surface area contributed by atoms with Gasteiger partial charge < -0.3 is 14.4 Å². The minimum Gasteiger partial charge on any atom is -0.331 e. The standard InChI is InChI=1S/C13H22N4O2S/c1-11-10-20-13(19)17(11)9-6-15-4-7-16(8-5-15)12(18)14(2)3/h10H,4-9H2,1-3H3. The molecule has 0 spiro atoms. The van der Waals surface area contributed by atoms with Gasteiger partial charge in [0.15, 0.2) is 0 Å². The summed E-state index contributed by atoms with van der Waals surface area (Å²) in [6.45, 7) is 6.82.